The molecule has 0 aliphatic heterocycles. The molecule has 5 heteroatoms. The highest BCUT2D eigenvalue weighted by molar-refractivity contribution is 5.76. The summed E-state index contributed by atoms with van der Waals surface area (Å²) < 4.78 is 15.8. The minimum atomic E-state index is -0.0151. The molecule has 1 aromatic rings. The highest BCUT2D eigenvalue weighted by Crippen LogP contribution is 2.38. The number of carbonyl (C=O) groups excluding carboxylic acids is 1. The maximum absolute atomic E-state index is 11.6. The molecule has 0 bridgehead atoms. The summed E-state index contributed by atoms with van der Waals surface area (Å²) in [5, 5.41) is 2.74. The van der Waals surface area contributed by atoms with Crippen LogP contribution in [0.5, 0.6) is 17.2 Å². The molecule has 1 aromatic carbocycles. The quantitative estimate of drug-likeness (QED) is 0.739. The van der Waals surface area contributed by atoms with E-state index >= 15 is 0 Å². The third-order valence-corrected chi connectivity index (χ3v) is 2.81. The molecule has 0 radical (unpaired) electrons. The van der Waals surface area contributed by atoms with Gasteiger partial charge < -0.3 is 19.5 Å². The summed E-state index contributed by atoms with van der Waals surface area (Å²) in [5.74, 6) is 1.72. The Balaban J connectivity index is 2.80. The molecule has 1 amide bonds. The topological polar surface area (TPSA) is 56.8 Å². The van der Waals surface area contributed by atoms with E-state index in [2.05, 4.69) is 11.9 Å². The van der Waals surface area contributed by atoms with Crippen LogP contribution in [0, 0.1) is 0 Å². The third-order valence-electron chi connectivity index (χ3n) is 2.81. The summed E-state index contributed by atoms with van der Waals surface area (Å²) in [6.07, 6.45) is 2.64. The predicted molar refractivity (Wildman–Crippen MR) is 77.6 cm³/mol. The lowest BCUT2D eigenvalue weighted by Gasteiger charge is -2.14. The molecule has 0 aliphatic rings. The second-order valence-corrected chi connectivity index (χ2v) is 4.13. The van der Waals surface area contributed by atoms with Gasteiger partial charge in [0.2, 0.25) is 11.7 Å². The Kier molecular flexibility index (Phi) is 6.43. The van der Waals surface area contributed by atoms with Gasteiger partial charge in [0.15, 0.2) is 11.5 Å². The minimum Gasteiger partial charge on any atom is -0.493 e. The van der Waals surface area contributed by atoms with Gasteiger partial charge in [0.25, 0.3) is 0 Å². The molecule has 0 heterocycles. The minimum absolute atomic E-state index is 0.0151. The van der Waals surface area contributed by atoms with Gasteiger partial charge in [-0.1, -0.05) is 6.08 Å². The molecule has 0 saturated heterocycles. The highest BCUT2D eigenvalue weighted by atomic mass is 16.5. The Labute approximate surface area is 119 Å². The fraction of sp³-hybridized carbons (Fsp3) is 0.400. The largest absolute Gasteiger partial charge is 0.493 e. The van der Waals surface area contributed by atoms with Gasteiger partial charge in [-0.2, -0.15) is 0 Å². The first kappa shape index (κ1) is 15.9. The number of carbonyl (C=O) groups is 1. The number of methoxy groups -OCH3 is 3. The summed E-state index contributed by atoms with van der Waals surface area (Å²) >= 11 is 0. The van der Waals surface area contributed by atoms with E-state index in [0.29, 0.717) is 36.6 Å². The van der Waals surface area contributed by atoms with E-state index in [1.807, 2.05) is 12.1 Å². The van der Waals surface area contributed by atoms with Crippen LogP contribution in [-0.4, -0.2) is 33.8 Å². The van der Waals surface area contributed by atoms with Gasteiger partial charge in [0, 0.05) is 13.0 Å². The Morgan fingerprint density at radius 2 is 1.80 bits per heavy atom. The number of rotatable bonds is 8. The molecule has 1 N–H and O–H groups in total. The second kappa shape index (κ2) is 8.09. The van der Waals surface area contributed by atoms with Crippen LogP contribution in [0.15, 0.2) is 24.8 Å². The van der Waals surface area contributed by atoms with E-state index < -0.39 is 0 Å². The molecule has 110 valence electrons. The van der Waals surface area contributed by atoms with Gasteiger partial charge in [0.1, 0.15) is 0 Å². The summed E-state index contributed by atoms with van der Waals surface area (Å²) in [5.41, 5.74) is 0.952. The fourth-order valence-corrected chi connectivity index (χ4v) is 1.81. The summed E-state index contributed by atoms with van der Waals surface area (Å²) in [6, 6.07) is 3.70. The van der Waals surface area contributed by atoms with Crippen molar-refractivity contribution in [2.24, 2.45) is 0 Å². The molecule has 0 fully saturated rings. The molecular weight excluding hydrogens is 258 g/mol. The van der Waals surface area contributed by atoms with Crippen LogP contribution in [0.4, 0.5) is 0 Å². The summed E-state index contributed by atoms with van der Waals surface area (Å²) in [7, 11) is 4.69. The van der Waals surface area contributed by atoms with E-state index in [1.165, 1.54) is 0 Å². The van der Waals surface area contributed by atoms with Crippen molar-refractivity contribution in [3.05, 3.63) is 30.4 Å². The number of benzene rings is 1. The normalized spacial score (nSPS) is 9.75. The Hall–Kier alpha value is -2.17. The van der Waals surface area contributed by atoms with Gasteiger partial charge >= 0.3 is 0 Å². The molecule has 5 nitrogen and oxygen atoms in total. The van der Waals surface area contributed by atoms with Crippen molar-refractivity contribution in [1.82, 2.24) is 5.32 Å². The monoisotopic (exact) mass is 279 g/mol. The first-order chi connectivity index (χ1) is 9.65. The van der Waals surface area contributed by atoms with Gasteiger partial charge in [-0.05, 0) is 24.1 Å². The average Bonchev–Trinajstić information content (AvgIpc) is 2.49. The van der Waals surface area contributed by atoms with Crippen LogP contribution >= 0.6 is 0 Å². The van der Waals surface area contributed by atoms with E-state index in [9.17, 15) is 4.79 Å². The molecule has 0 spiro atoms. The second-order valence-electron chi connectivity index (χ2n) is 4.13. The number of hydrogen-bond acceptors (Lipinski definition) is 4. The number of nitrogens with one attached hydrogen (secondary N) is 1. The van der Waals surface area contributed by atoms with Gasteiger partial charge in [-0.15, -0.1) is 6.58 Å². The van der Waals surface area contributed by atoms with E-state index in [0.717, 1.165) is 5.56 Å². The van der Waals surface area contributed by atoms with Crippen LogP contribution in [-0.2, 0) is 11.2 Å². The van der Waals surface area contributed by atoms with E-state index in [4.69, 9.17) is 14.2 Å². The molecule has 0 aliphatic carbocycles. The predicted octanol–water partition coefficient (Wildman–Crippen LogP) is 1.95. The first-order valence-electron chi connectivity index (χ1n) is 6.32. The molecule has 0 aromatic heterocycles. The Morgan fingerprint density at radius 1 is 1.20 bits per heavy atom. The SMILES string of the molecule is C=CCNC(=O)CCc1cc(OC)c(OC)c(OC)c1. The van der Waals surface area contributed by atoms with Crippen molar-refractivity contribution in [3.63, 3.8) is 0 Å². The lowest BCUT2D eigenvalue weighted by Crippen LogP contribution is -2.23. The highest BCUT2D eigenvalue weighted by Gasteiger charge is 2.13. The third kappa shape index (κ3) is 4.19. The zero-order chi connectivity index (χ0) is 15.0. The van der Waals surface area contributed by atoms with Crippen LogP contribution in [0.2, 0.25) is 0 Å². The summed E-state index contributed by atoms with van der Waals surface area (Å²) in [6.45, 7) is 4.03. The average molecular weight is 279 g/mol. The standard InChI is InChI=1S/C15H21NO4/c1-5-8-16-14(17)7-6-11-9-12(18-2)15(20-4)13(10-11)19-3/h5,9-10H,1,6-8H2,2-4H3,(H,16,17). The number of aryl methyl sites for hydroxylation is 1. The van der Waals surface area contributed by atoms with Gasteiger partial charge in [-0.3, -0.25) is 4.79 Å². The van der Waals surface area contributed by atoms with Crippen molar-refractivity contribution in [2.75, 3.05) is 27.9 Å². The van der Waals surface area contributed by atoms with Crippen LogP contribution in [0.3, 0.4) is 0 Å². The lowest BCUT2D eigenvalue weighted by atomic mass is 10.1. The molecule has 0 saturated carbocycles. The summed E-state index contributed by atoms with van der Waals surface area (Å²) in [4.78, 5) is 11.6. The van der Waals surface area contributed by atoms with Crippen LogP contribution in [0.25, 0.3) is 0 Å². The molecular formula is C15H21NO4. The van der Waals surface area contributed by atoms with Crippen LogP contribution < -0.4 is 19.5 Å². The maximum Gasteiger partial charge on any atom is 0.220 e. The number of amides is 1. The van der Waals surface area contributed by atoms with Crippen molar-refractivity contribution in [1.29, 1.82) is 0 Å². The molecule has 0 unspecified atom stereocenters. The Morgan fingerprint density at radius 3 is 2.25 bits per heavy atom. The molecule has 1 rings (SSSR count). The number of ether oxygens (including phenoxy) is 3. The van der Waals surface area contributed by atoms with E-state index in [1.54, 1.807) is 27.4 Å². The van der Waals surface area contributed by atoms with Gasteiger partial charge in [-0.25, -0.2) is 0 Å². The zero-order valence-corrected chi connectivity index (χ0v) is 12.2. The fourth-order valence-electron chi connectivity index (χ4n) is 1.81. The van der Waals surface area contributed by atoms with E-state index in [-0.39, 0.29) is 5.91 Å². The molecule has 0 atom stereocenters. The smallest absolute Gasteiger partial charge is 0.220 e. The Bertz CT molecular complexity index is 446. The van der Waals surface area contributed by atoms with Crippen LogP contribution in [0.1, 0.15) is 12.0 Å². The lowest BCUT2D eigenvalue weighted by molar-refractivity contribution is -0.120. The van der Waals surface area contributed by atoms with Crippen molar-refractivity contribution >= 4 is 5.91 Å². The van der Waals surface area contributed by atoms with Crippen molar-refractivity contribution in [3.8, 4) is 17.2 Å². The molecule has 20 heavy (non-hydrogen) atoms. The van der Waals surface area contributed by atoms with Crippen molar-refractivity contribution in [2.45, 2.75) is 12.8 Å². The van der Waals surface area contributed by atoms with Gasteiger partial charge in [0.05, 0.1) is 21.3 Å². The van der Waals surface area contributed by atoms with Crippen molar-refractivity contribution < 1.29 is 19.0 Å². The zero-order valence-electron chi connectivity index (χ0n) is 12.2. The maximum atomic E-state index is 11.6. The first-order valence-corrected chi connectivity index (χ1v) is 6.32. The number of hydrogen-bond donors (Lipinski definition) is 1.